The van der Waals surface area contributed by atoms with E-state index in [1.54, 1.807) is 18.2 Å². The number of nitro groups is 1. The zero-order chi connectivity index (χ0) is 23.9. The van der Waals surface area contributed by atoms with Crippen LogP contribution in [0.5, 0.6) is 5.75 Å². The van der Waals surface area contributed by atoms with Gasteiger partial charge in [-0.2, -0.15) is 0 Å². The number of nitro benzene ring substituents is 1. The molecule has 0 aliphatic carbocycles. The molecular weight excluding hydrogens is 464 g/mol. The van der Waals surface area contributed by atoms with Crippen molar-refractivity contribution in [2.75, 3.05) is 23.9 Å². The van der Waals surface area contributed by atoms with Gasteiger partial charge < -0.3 is 10.1 Å². The van der Waals surface area contributed by atoms with Crippen LogP contribution in [-0.4, -0.2) is 47.2 Å². The average molecular weight is 483 g/mol. The first kappa shape index (κ1) is 21.1. The average Bonchev–Trinajstić information content (AvgIpc) is 3.52. The maximum absolute atomic E-state index is 14.0. The molecule has 4 aliphatic rings. The number of benzene rings is 2. The minimum Gasteiger partial charge on any atom is -0.495 e. The first-order valence-corrected chi connectivity index (χ1v) is 11.3. The Morgan fingerprint density at radius 2 is 2.00 bits per heavy atom. The number of ether oxygens (including phenoxy) is 1. The number of para-hydroxylation sites is 1. The number of hydrogen-bond donors (Lipinski definition) is 1. The third-order valence-corrected chi connectivity index (χ3v) is 7.91. The van der Waals surface area contributed by atoms with E-state index >= 15 is 0 Å². The smallest absolute Gasteiger partial charge is 0.271 e. The highest BCUT2D eigenvalue weighted by molar-refractivity contribution is 6.35. The van der Waals surface area contributed by atoms with Crippen LogP contribution in [-0.2, 0) is 19.9 Å². The quantitative estimate of drug-likeness (QED) is 0.405. The molecule has 4 heterocycles. The van der Waals surface area contributed by atoms with Crippen LogP contribution >= 0.6 is 11.6 Å². The second kappa shape index (κ2) is 7.00. The minimum atomic E-state index is -1.37. The van der Waals surface area contributed by atoms with Crippen LogP contribution in [0.1, 0.15) is 18.4 Å². The molecule has 4 atom stereocenters. The molecule has 1 spiro atoms. The summed E-state index contributed by atoms with van der Waals surface area (Å²) in [4.78, 5) is 55.2. The zero-order valence-electron chi connectivity index (χ0n) is 18.0. The molecule has 11 heteroatoms. The summed E-state index contributed by atoms with van der Waals surface area (Å²) in [7, 11) is 1.36. The van der Waals surface area contributed by atoms with E-state index in [0.29, 0.717) is 29.2 Å². The maximum Gasteiger partial charge on any atom is 0.271 e. The fourth-order valence-corrected chi connectivity index (χ4v) is 6.62. The summed E-state index contributed by atoms with van der Waals surface area (Å²) in [6.07, 6.45) is 1.44. The molecule has 2 aromatic carbocycles. The molecule has 6 rings (SSSR count). The lowest BCUT2D eigenvalue weighted by Gasteiger charge is -2.36. The second-order valence-corrected chi connectivity index (χ2v) is 9.32. The van der Waals surface area contributed by atoms with Crippen molar-refractivity contribution < 1.29 is 24.0 Å². The summed E-state index contributed by atoms with van der Waals surface area (Å²) in [6.45, 7) is 0.567. The van der Waals surface area contributed by atoms with Crippen molar-refractivity contribution in [2.24, 2.45) is 11.8 Å². The van der Waals surface area contributed by atoms with E-state index in [0.717, 1.165) is 17.4 Å². The van der Waals surface area contributed by atoms with Gasteiger partial charge in [0.25, 0.3) is 11.6 Å². The molecule has 4 aliphatic heterocycles. The highest BCUT2D eigenvalue weighted by Crippen LogP contribution is 2.61. The van der Waals surface area contributed by atoms with Gasteiger partial charge in [0.2, 0.25) is 11.8 Å². The zero-order valence-corrected chi connectivity index (χ0v) is 18.7. The number of rotatable bonds is 3. The van der Waals surface area contributed by atoms with Gasteiger partial charge in [-0.1, -0.05) is 23.7 Å². The van der Waals surface area contributed by atoms with E-state index in [1.165, 1.54) is 19.2 Å². The number of fused-ring (bicyclic) bond motifs is 7. The Morgan fingerprint density at radius 1 is 1.21 bits per heavy atom. The normalized spacial score (nSPS) is 29.4. The number of hydrogen-bond acceptors (Lipinski definition) is 7. The summed E-state index contributed by atoms with van der Waals surface area (Å²) in [6, 6.07) is 8.61. The lowest BCUT2D eigenvalue weighted by Crippen LogP contribution is -2.54. The third kappa shape index (κ3) is 2.36. The van der Waals surface area contributed by atoms with E-state index in [1.807, 2.05) is 4.90 Å². The van der Waals surface area contributed by atoms with E-state index in [-0.39, 0.29) is 29.1 Å². The summed E-state index contributed by atoms with van der Waals surface area (Å²) in [5, 5.41) is 14.6. The van der Waals surface area contributed by atoms with Crippen LogP contribution in [0.2, 0.25) is 5.02 Å². The number of nitrogens with one attached hydrogen (secondary N) is 1. The van der Waals surface area contributed by atoms with Gasteiger partial charge in [0, 0.05) is 23.7 Å². The molecule has 3 amide bonds. The van der Waals surface area contributed by atoms with Crippen molar-refractivity contribution >= 4 is 46.4 Å². The van der Waals surface area contributed by atoms with Crippen molar-refractivity contribution in [3.05, 3.63) is 57.1 Å². The Hall–Kier alpha value is -3.50. The lowest BCUT2D eigenvalue weighted by atomic mass is 9.75. The molecular formula is C23H19ClN4O6. The molecule has 0 saturated carbocycles. The Bertz CT molecular complexity index is 1310. The Balaban J connectivity index is 1.56. The Kier molecular flexibility index (Phi) is 4.34. The van der Waals surface area contributed by atoms with Crippen LogP contribution in [0.15, 0.2) is 36.4 Å². The molecule has 34 heavy (non-hydrogen) atoms. The Labute approximate surface area is 198 Å². The summed E-state index contributed by atoms with van der Waals surface area (Å²) in [5.74, 6) is -3.05. The number of carbonyl (C=O) groups is 3. The predicted octanol–water partition coefficient (Wildman–Crippen LogP) is 2.69. The fourth-order valence-electron chi connectivity index (χ4n) is 6.40. The number of nitrogens with zero attached hydrogens (tertiary/aromatic N) is 3. The van der Waals surface area contributed by atoms with Gasteiger partial charge in [0.05, 0.1) is 34.6 Å². The van der Waals surface area contributed by atoms with Crippen molar-refractivity contribution in [1.29, 1.82) is 0 Å². The minimum absolute atomic E-state index is 0.00511. The first-order valence-electron chi connectivity index (χ1n) is 10.9. The highest BCUT2D eigenvalue weighted by Gasteiger charge is 2.75. The standard InChI is InChI=1S/C23H19ClN4O6/c1-34-16-8-7-11(28(32)33)10-15(16)27-20(29)17-14-6-3-9-26(14)23(18(17)21(27)30)12-4-2-5-13(24)19(12)25-22(23)31/h2,4-5,7-8,10,14,17-18H,3,6,9H2,1H3,(H,25,31)/t14-,17+,18+,23-/m0/s1. The van der Waals surface area contributed by atoms with E-state index in [2.05, 4.69) is 5.32 Å². The topological polar surface area (TPSA) is 122 Å². The molecule has 0 radical (unpaired) electrons. The van der Waals surface area contributed by atoms with Crippen molar-refractivity contribution in [2.45, 2.75) is 24.4 Å². The predicted molar refractivity (Wildman–Crippen MR) is 121 cm³/mol. The van der Waals surface area contributed by atoms with Gasteiger partial charge >= 0.3 is 0 Å². The van der Waals surface area contributed by atoms with Gasteiger partial charge in [-0.05, 0) is 31.5 Å². The van der Waals surface area contributed by atoms with Crippen LogP contribution in [0.4, 0.5) is 17.1 Å². The van der Waals surface area contributed by atoms with Crippen molar-refractivity contribution in [1.82, 2.24) is 4.90 Å². The SMILES string of the molecule is COc1ccc([N+](=O)[O-])cc1N1C(=O)[C@@H]2[C@@H]3CCCN3[C@]3(C(=O)Nc4c(Cl)cccc43)[C@H]2C1=O. The summed E-state index contributed by atoms with van der Waals surface area (Å²) < 4.78 is 5.33. The fraction of sp³-hybridized carbons (Fsp3) is 0.348. The largest absolute Gasteiger partial charge is 0.495 e. The monoisotopic (exact) mass is 482 g/mol. The highest BCUT2D eigenvalue weighted by atomic mass is 35.5. The van der Waals surface area contributed by atoms with Gasteiger partial charge in [-0.3, -0.25) is 29.4 Å². The first-order chi connectivity index (χ1) is 16.3. The third-order valence-electron chi connectivity index (χ3n) is 7.59. The van der Waals surface area contributed by atoms with Crippen LogP contribution in [0, 0.1) is 22.0 Å². The number of imide groups is 1. The molecule has 174 valence electrons. The molecule has 0 bridgehead atoms. The number of carbonyl (C=O) groups excluding carboxylic acids is 3. The van der Waals surface area contributed by atoms with Gasteiger partial charge in [0.1, 0.15) is 17.0 Å². The molecule has 3 fully saturated rings. The maximum atomic E-state index is 14.0. The molecule has 2 aromatic rings. The molecule has 0 unspecified atom stereocenters. The second-order valence-electron chi connectivity index (χ2n) is 8.91. The van der Waals surface area contributed by atoms with Crippen molar-refractivity contribution in [3.8, 4) is 5.75 Å². The van der Waals surface area contributed by atoms with E-state index in [9.17, 15) is 24.5 Å². The number of non-ortho nitro benzene ring substituents is 1. The Morgan fingerprint density at radius 3 is 2.74 bits per heavy atom. The van der Waals surface area contributed by atoms with E-state index < -0.39 is 34.1 Å². The molecule has 10 nitrogen and oxygen atoms in total. The molecule has 0 aromatic heterocycles. The van der Waals surface area contributed by atoms with E-state index in [4.69, 9.17) is 16.3 Å². The summed E-state index contributed by atoms with van der Waals surface area (Å²) >= 11 is 6.38. The van der Waals surface area contributed by atoms with Gasteiger partial charge in [0.15, 0.2) is 0 Å². The van der Waals surface area contributed by atoms with Crippen molar-refractivity contribution in [3.63, 3.8) is 0 Å². The number of anilines is 2. The number of amides is 3. The van der Waals surface area contributed by atoms with Crippen LogP contribution in [0.3, 0.4) is 0 Å². The number of halogens is 1. The molecule has 1 N–H and O–H groups in total. The van der Waals surface area contributed by atoms with Gasteiger partial charge in [-0.25, -0.2) is 4.90 Å². The van der Waals surface area contributed by atoms with Gasteiger partial charge in [-0.15, -0.1) is 0 Å². The summed E-state index contributed by atoms with van der Waals surface area (Å²) in [5.41, 5.74) is -0.612. The molecule has 3 saturated heterocycles. The lowest BCUT2D eigenvalue weighted by molar-refractivity contribution is -0.384. The van der Waals surface area contributed by atoms with Crippen LogP contribution in [0.25, 0.3) is 0 Å². The number of methoxy groups -OCH3 is 1. The van der Waals surface area contributed by atoms with Crippen LogP contribution < -0.4 is 15.0 Å².